The number of benzene rings is 2. The van der Waals surface area contributed by atoms with Crippen molar-refractivity contribution in [2.24, 2.45) is 0 Å². The standard InChI is InChI=1S/C22H25N5O/c1-17-15-24-22(26-21(17)23-16-18-5-3-2-4-6-18)25-19-7-9-20(10-8-19)27-11-13-28-14-12-27/h2-10,15H,11-14,16H2,1H3,(H2,23,24,25,26). The highest BCUT2D eigenvalue weighted by molar-refractivity contribution is 5.60. The van der Waals surface area contributed by atoms with Gasteiger partial charge in [0, 0.05) is 42.8 Å². The summed E-state index contributed by atoms with van der Waals surface area (Å²) in [4.78, 5) is 11.4. The van der Waals surface area contributed by atoms with Gasteiger partial charge in [-0.3, -0.25) is 0 Å². The lowest BCUT2D eigenvalue weighted by molar-refractivity contribution is 0.122. The molecular formula is C22H25N5O. The minimum atomic E-state index is 0.584. The Hall–Kier alpha value is -3.12. The molecule has 1 saturated heterocycles. The van der Waals surface area contributed by atoms with Gasteiger partial charge in [0.2, 0.25) is 5.95 Å². The highest BCUT2D eigenvalue weighted by atomic mass is 16.5. The van der Waals surface area contributed by atoms with Gasteiger partial charge in [0.05, 0.1) is 13.2 Å². The van der Waals surface area contributed by atoms with Crippen LogP contribution in [0.2, 0.25) is 0 Å². The van der Waals surface area contributed by atoms with Crippen LogP contribution in [-0.2, 0) is 11.3 Å². The smallest absolute Gasteiger partial charge is 0.229 e. The molecule has 144 valence electrons. The largest absolute Gasteiger partial charge is 0.378 e. The van der Waals surface area contributed by atoms with E-state index in [0.717, 1.165) is 49.9 Å². The average Bonchev–Trinajstić information content (AvgIpc) is 2.76. The van der Waals surface area contributed by atoms with Crippen LogP contribution in [0.3, 0.4) is 0 Å². The molecule has 0 atom stereocenters. The van der Waals surface area contributed by atoms with E-state index in [1.165, 1.54) is 11.3 Å². The summed E-state index contributed by atoms with van der Waals surface area (Å²) in [6.45, 7) is 6.18. The van der Waals surface area contributed by atoms with Crippen LogP contribution in [0.25, 0.3) is 0 Å². The van der Waals surface area contributed by atoms with Crippen LogP contribution in [0.4, 0.5) is 23.1 Å². The van der Waals surface area contributed by atoms with Crippen LogP contribution >= 0.6 is 0 Å². The summed E-state index contributed by atoms with van der Waals surface area (Å²) in [5, 5.41) is 6.69. The molecule has 1 aromatic heterocycles. The molecule has 2 heterocycles. The van der Waals surface area contributed by atoms with Gasteiger partial charge in [-0.25, -0.2) is 4.98 Å². The lowest BCUT2D eigenvalue weighted by atomic mass is 10.2. The zero-order chi connectivity index (χ0) is 19.2. The maximum atomic E-state index is 5.42. The van der Waals surface area contributed by atoms with Crippen molar-refractivity contribution in [3.8, 4) is 0 Å². The van der Waals surface area contributed by atoms with Gasteiger partial charge in [0.1, 0.15) is 5.82 Å². The molecule has 1 fully saturated rings. The van der Waals surface area contributed by atoms with E-state index in [0.29, 0.717) is 5.95 Å². The predicted octanol–water partition coefficient (Wildman–Crippen LogP) is 3.98. The minimum absolute atomic E-state index is 0.584. The van der Waals surface area contributed by atoms with Crippen LogP contribution in [0.15, 0.2) is 60.8 Å². The summed E-state index contributed by atoms with van der Waals surface area (Å²) < 4.78 is 5.42. The number of nitrogens with zero attached hydrogens (tertiary/aromatic N) is 3. The lowest BCUT2D eigenvalue weighted by Crippen LogP contribution is -2.36. The minimum Gasteiger partial charge on any atom is -0.378 e. The van der Waals surface area contributed by atoms with Gasteiger partial charge < -0.3 is 20.3 Å². The Bertz CT molecular complexity index is 893. The number of hydrogen-bond acceptors (Lipinski definition) is 6. The second-order valence-electron chi connectivity index (χ2n) is 6.84. The third-order valence-corrected chi connectivity index (χ3v) is 4.77. The van der Waals surface area contributed by atoms with Crippen LogP contribution in [0.5, 0.6) is 0 Å². The van der Waals surface area contributed by atoms with Crippen LogP contribution in [0.1, 0.15) is 11.1 Å². The van der Waals surface area contributed by atoms with Gasteiger partial charge in [-0.05, 0) is 36.8 Å². The van der Waals surface area contributed by atoms with Crippen molar-refractivity contribution in [3.63, 3.8) is 0 Å². The normalized spacial score (nSPS) is 14.0. The van der Waals surface area contributed by atoms with Crippen LogP contribution < -0.4 is 15.5 Å². The number of rotatable bonds is 6. The zero-order valence-electron chi connectivity index (χ0n) is 16.1. The first-order chi connectivity index (χ1) is 13.8. The summed E-state index contributed by atoms with van der Waals surface area (Å²) in [6.07, 6.45) is 1.84. The van der Waals surface area contributed by atoms with Gasteiger partial charge >= 0.3 is 0 Å². The number of anilines is 4. The molecule has 2 N–H and O–H groups in total. The molecule has 1 aliphatic rings. The van der Waals surface area contributed by atoms with E-state index in [1.807, 2.05) is 31.3 Å². The van der Waals surface area contributed by atoms with E-state index in [2.05, 4.69) is 61.9 Å². The van der Waals surface area contributed by atoms with Crippen LogP contribution in [-0.4, -0.2) is 36.3 Å². The predicted molar refractivity (Wildman–Crippen MR) is 113 cm³/mol. The van der Waals surface area contributed by atoms with Gasteiger partial charge in [-0.2, -0.15) is 4.98 Å². The van der Waals surface area contributed by atoms with Crippen LogP contribution in [0, 0.1) is 6.92 Å². The molecule has 4 rings (SSSR count). The van der Waals surface area contributed by atoms with Crippen molar-refractivity contribution in [1.82, 2.24) is 9.97 Å². The number of hydrogen-bond donors (Lipinski definition) is 2. The molecule has 6 heteroatoms. The highest BCUT2D eigenvalue weighted by Crippen LogP contribution is 2.22. The fourth-order valence-electron chi connectivity index (χ4n) is 3.17. The molecule has 0 radical (unpaired) electrons. The van der Waals surface area contributed by atoms with Crippen molar-refractivity contribution in [2.75, 3.05) is 41.8 Å². The summed E-state index contributed by atoms with van der Waals surface area (Å²) in [5.74, 6) is 1.42. The van der Waals surface area contributed by atoms with E-state index in [1.54, 1.807) is 0 Å². The second kappa shape index (κ2) is 8.71. The molecule has 0 spiro atoms. The van der Waals surface area contributed by atoms with Crippen molar-refractivity contribution in [1.29, 1.82) is 0 Å². The Morgan fingerprint density at radius 3 is 2.50 bits per heavy atom. The zero-order valence-corrected chi connectivity index (χ0v) is 16.1. The molecule has 0 saturated carbocycles. The highest BCUT2D eigenvalue weighted by Gasteiger charge is 2.11. The van der Waals surface area contributed by atoms with E-state index in [9.17, 15) is 0 Å². The fraction of sp³-hybridized carbons (Fsp3) is 0.273. The number of aromatic nitrogens is 2. The SMILES string of the molecule is Cc1cnc(Nc2ccc(N3CCOCC3)cc2)nc1NCc1ccccc1. The molecule has 6 nitrogen and oxygen atoms in total. The lowest BCUT2D eigenvalue weighted by Gasteiger charge is -2.28. The van der Waals surface area contributed by atoms with E-state index < -0.39 is 0 Å². The van der Waals surface area contributed by atoms with Gasteiger partial charge in [0.15, 0.2) is 0 Å². The summed E-state index contributed by atoms with van der Waals surface area (Å²) in [6, 6.07) is 18.7. The number of aryl methyl sites for hydroxylation is 1. The molecule has 0 unspecified atom stereocenters. The van der Waals surface area contributed by atoms with E-state index in [4.69, 9.17) is 4.74 Å². The first kappa shape index (κ1) is 18.3. The van der Waals surface area contributed by atoms with Crippen molar-refractivity contribution in [2.45, 2.75) is 13.5 Å². The number of nitrogens with one attached hydrogen (secondary N) is 2. The third-order valence-electron chi connectivity index (χ3n) is 4.77. The number of morpholine rings is 1. The van der Waals surface area contributed by atoms with Gasteiger partial charge in [-0.1, -0.05) is 30.3 Å². The van der Waals surface area contributed by atoms with E-state index in [-0.39, 0.29) is 0 Å². The molecule has 1 aliphatic heterocycles. The summed E-state index contributed by atoms with van der Waals surface area (Å²) in [5.41, 5.74) is 4.41. The second-order valence-corrected chi connectivity index (χ2v) is 6.84. The summed E-state index contributed by atoms with van der Waals surface area (Å²) >= 11 is 0. The van der Waals surface area contributed by atoms with Gasteiger partial charge in [-0.15, -0.1) is 0 Å². The van der Waals surface area contributed by atoms with E-state index >= 15 is 0 Å². The quantitative estimate of drug-likeness (QED) is 0.680. The Kier molecular flexibility index (Phi) is 5.68. The Morgan fingerprint density at radius 1 is 1.00 bits per heavy atom. The maximum absolute atomic E-state index is 5.42. The first-order valence-electron chi connectivity index (χ1n) is 9.59. The molecule has 0 aliphatic carbocycles. The number of ether oxygens (including phenoxy) is 1. The topological polar surface area (TPSA) is 62.3 Å². The molecular weight excluding hydrogens is 350 g/mol. The van der Waals surface area contributed by atoms with Crippen molar-refractivity contribution >= 4 is 23.1 Å². The van der Waals surface area contributed by atoms with Gasteiger partial charge in [0.25, 0.3) is 0 Å². The molecule has 2 aromatic carbocycles. The Balaban J connectivity index is 1.41. The summed E-state index contributed by atoms with van der Waals surface area (Å²) in [7, 11) is 0. The fourth-order valence-corrected chi connectivity index (χ4v) is 3.17. The maximum Gasteiger partial charge on any atom is 0.229 e. The Labute approximate surface area is 165 Å². The molecule has 3 aromatic rings. The average molecular weight is 375 g/mol. The first-order valence-corrected chi connectivity index (χ1v) is 9.59. The van der Waals surface area contributed by atoms with Crippen molar-refractivity contribution < 1.29 is 4.74 Å². The molecule has 28 heavy (non-hydrogen) atoms. The monoisotopic (exact) mass is 375 g/mol. The third kappa shape index (κ3) is 4.58. The Morgan fingerprint density at radius 2 is 1.75 bits per heavy atom. The molecule has 0 amide bonds. The van der Waals surface area contributed by atoms with Crippen molar-refractivity contribution in [3.05, 3.63) is 71.9 Å². The molecule has 0 bridgehead atoms.